The fourth-order valence-corrected chi connectivity index (χ4v) is 4.19. The normalized spacial score (nSPS) is 14.8. The Bertz CT molecular complexity index is 1490. The number of carbonyl (C=O) groups excluding carboxylic acids is 1. The Labute approximate surface area is 214 Å². The van der Waals surface area contributed by atoms with Crippen LogP contribution in [0.3, 0.4) is 0 Å². The fourth-order valence-electron chi connectivity index (χ4n) is 4.19. The van der Waals surface area contributed by atoms with Gasteiger partial charge in [0.2, 0.25) is 5.91 Å². The predicted octanol–water partition coefficient (Wildman–Crippen LogP) is 5.06. The Kier molecular flexibility index (Phi) is 5.96. The van der Waals surface area contributed by atoms with Crippen molar-refractivity contribution in [1.29, 1.82) is 0 Å². The molecule has 0 saturated heterocycles. The van der Waals surface area contributed by atoms with Gasteiger partial charge in [-0.25, -0.2) is 14.2 Å². The van der Waals surface area contributed by atoms with E-state index in [1.54, 1.807) is 29.1 Å². The lowest BCUT2D eigenvalue weighted by atomic mass is 9.90. The van der Waals surface area contributed by atoms with Gasteiger partial charge < -0.3 is 10.1 Å². The van der Waals surface area contributed by atoms with E-state index >= 15 is 0 Å². The second kappa shape index (κ2) is 8.92. The van der Waals surface area contributed by atoms with Crippen molar-refractivity contribution in [2.45, 2.75) is 50.8 Å². The van der Waals surface area contributed by atoms with Gasteiger partial charge in [-0.05, 0) is 58.5 Å². The molecule has 2 aromatic carbocycles. The average molecular weight is 529 g/mol. The smallest absolute Gasteiger partial charge is 0.406 e. The first-order chi connectivity index (χ1) is 17.9. The predicted molar refractivity (Wildman–Crippen MR) is 128 cm³/mol. The van der Waals surface area contributed by atoms with E-state index in [9.17, 15) is 22.4 Å². The first kappa shape index (κ1) is 25.4. The molecule has 1 fully saturated rings. The number of nitrogens with one attached hydrogen (secondary N) is 2. The van der Waals surface area contributed by atoms with Gasteiger partial charge in [0, 0.05) is 29.1 Å². The molecule has 4 aromatic rings. The van der Waals surface area contributed by atoms with Gasteiger partial charge in [0.1, 0.15) is 11.6 Å². The molecule has 0 radical (unpaired) electrons. The minimum absolute atomic E-state index is 0.00653. The molecule has 9 nitrogen and oxygen atoms in total. The van der Waals surface area contributed by atoms with E-state index in [-0.39, 0.29) is 11.0 Å². The van der Waals surface area contributed by atoms with Gasteiger partial charge in [0.15, 0.2) is 5.82 Å². The lowest BCUT2D eigenvalue weighted by molar-refractivity contribution is -0.274. The second-order valence-corrected chi connectivity index (χ2v) is 10.1. The van der Waals surface area contributed by atoms with Gasteiger partial charge in [0.25, 0.3) is 0 Å². The Hall–Kier alpha value is -4.29. The summed E-state index contributed by atoms with van der Waals surface area (Å²) in [5, 5.41) is 21.2. The number of aromatic nitrogens is 6. The van der Waals surface area contributed by atoms with Crippen LogP contribution in [-0.2, 0) is 15.6 Å². The molecule has 0 bridgehead atoms. The number of rotatable bonds is 6. The Morgan fingerprint density at radius 3 is 2.47 bits per heavy atom. The second-order valence-electron chi connectivity index (χ2n) is 10.1. The number of carbonyl (C=O) groups is 1. The number of tetrazole rings is 1. The molecule has 0 spiro atoms. The van der Waals surface area contributed by atoms with Crippen molar-refractivity contribution in [2.75, 3.05) is 5.32 Å². The van der Waals surface area contributed by atoms with Crippen molar-refractivity contribution in [3.05, 3.63) is 65.7 Å². The number of alkyl halides is 3. The zero-order valence-electron chi connectivity index (χ0n) is 20.6. The average Bonchev–Trinajstić information content (AvgIpc) is 3.21. The lowest BCUT2D eigenvalue weighted by Crippen LogP contribution is -2.29. The summed E-state index contributed by atoms with van der Waals surface area (Å²) in [6.45, 7) is 6.21. The molecular weight excluding hydrogens is 506 g/mol. The van der Waals surface area contributed by atoms with Crippen molar-refractivity contribution in [2.24, 2.45) is 0 Å². The van der Waals surface area contributed by atoms with Gasteiger partial charge in [-0.3, -0.25) is 4.79 Å². The van der Waals surface area contributed by atoms with Crippen LogP contribution in [-0.4, -0.2) is 42.7 Å². The zero-order chi connectivity index (χ0) is 27.3. The fraction of sp³-hybridized carbons (Fsp3) is 0.320. The third-order valence-electron chi connectivity index (χ3n) is 6.42. The Balaban J connectivity index is 1.43. The van der Waals surface area contributed by atoms with Crippen LogP contribution in [0.5, 0.6) is 5.75 Å². The van der Waals surface area contributed by atoms with Crippen molar-refractivity contribution < 1.29 is 27.1 Å². The van der Waals surface area contributed by atoms with E-state index in [1.807, 2.05) is 6.20 Å². The minimum atomic E-state index is -4.95. The van der Waals surface area contributed by atoms with Crippen LogP contribution in [0.2, 0.25) is 0 Å². The summed E-state index contributed by atoms with van der Waals surface area (Å²) in [6.07, 6.45) is -0.594. The number of H-pyrrole nitrogens is 1. The highest BCUT2D eigenvalue weighted by molar-refractivity contribution is 6.02. The summed E-state index contributed by atoms with van der Waals surface area (Å²) in [4.78, 5) is 13.3. The molecule has 0 unspecified atom stereocenters. The van der Waals surface area contributed by atoms with Crippen LogP contribution in [0, 0.1) is 5.82 Å². The topological polar surface area (TPSA) is 111 Å². The Morgan fingerprint density at radius 2 is 1.89 bits per heavy atom. The number of nitrogens with zero attached hydrogens (tertiary/aromatic N) is 5. The third-order valence-corrected chi connectivity index (χ3v) is 6.42. The van der Waals surface area contributed by atoms with Crippen molar-refractivity contribution in [3.8, 4) is 22.8 Å². The highest BCUT2D eigenvalue weighted by atomic mass is 19.4. The maximum atomic E-state index is 14.8. The molecule has 1 aliphatic rings. The molecule has 1 amide bonds. The summed E-state index contributed by atoms with van der Waals surface area (Å²) in [5.74, 6) is -1.78. The van der Waals surface area contributed by atoms with Gasteiger partial charge >= 0.3 is 6.36 Å². The van der Waals surface area contributed by atoms with E-state index in [0.29, 0.717) is 41.7 Å². The van der Waals surface area contributed by atoms with Crippen LogP contribution in [0.25, 0.3) is 17.1 Å². The summed E-state index contributed by atoms with van der Waals surface area (Å²) < 4.78 is 57.7. The van der Waals surface area contributed by atoms with Gasteiger partial charge in [0.05, 0.1) is 17.3 Å². The van der Waals surface area contributed by atoms with E-state index < -0.39 is 29.3 Å². The molecule has 1 aliphatic carbocycles. The third kappa shape index (κ3) is 4.95. The zero-order valence-corrected chi connectivity index (χ0v) is 20.6. The molecule has 5 rings (SSSR count). The van der Waals surface area contributed by atoms with Crippen LogP contribution in [0.1, 0.15) is 44.7 Å². The lowest BCUT2D eigenvalue weighted by Gasteiger charge is -2.18. The van der Waals surface area contributed by atoms with Gasteiger partial charge in [-0.15, -0.1) is 18.3 Å². The molecule has 0 aliphatic heterocycles. The maximum Gasteiger partial charge on any atom is 0.573 e. The standard InChI is InChI=1S/C25H23F4N7O2/c1-23(2,3)14-12-30-36(13-14)20-7-4-15(10-17(20)21-32-34-35-33-21)31-22(37)24(8-9-24)18-6-5-16(11-19(18)26)38-25(27,28)29/h4-7,10-13H,8-9H2,1-3H3,(H,31,37)(H,32,33,34,35). The number of benzene rings is 2. The number of anilines is 1. The van der Waals surface area contributed by atoms with Crippen LogP contribution >= 0.6 is 0 Å². The van der Waals surface area contributed by atoms with Crippen LogP contribution in [0.4, 0.5) is 23.2 Å². The largest absolute Gasteiger partial charge is 0.573 e. The number of ether oxygens (including phenoxy) is 1. The molecule has 1 saturated carbocycles. The monoisotopic (exact) mass is 529 g/mol. The first-order valence-corrected chi connectivity index (χ1v) is 11.7. The highest BCUT2D eigenvalue weighted by Gasteiger charge is 2.53. The van der Waals surface area contributed by atoms with Gasteiger partial charge in [-0.1, -0.05) is 26.8 Å². The number of amides is 1. The van der Waals surface area contributed by atoms with E-state index in [2.05, 4.69) is 56.5 Å². The number of hydrogen-bond acceptors (Lipinski definition) is 6. The molecule has 13 heteroatoms. The van der Waals surface area contributed by atoms with Crippen molar-refractivity contribution >= 4 is 11.6 Å². The molecule has 2 aromatic heterocycles. The van der Waals surface area contributed by atoms with Crippen LogP contribution in [0.15, 0.2) is 48.8 Å². The summed E-state index contributed by atoms with van der Waals surface area (Å²) in [6, 6.07) is 7.87. The molecule has 198 valence electrons. The van der Waals surface area contributed by atoms with Gasteiger partial charge in [-0.2, -0.15) is 5.10 Å². The first-order valence-electron chi connectivity index (χ1n) is 11.7. The van der Waals surface area contributed by atoms with E-state index in [4.69, 9.17) is 0 Å². The number of halogens is 4. The summed E-state index contributed by atoms with van der Waals surface area (Å²) >= 11 is 0. The van der Waals surface area contributed by atoms with Crippen molar-refractivity contribution in [3.63, 3.8) is 0 Å². The molecule has 2 N–H and O–H groups in total. The number of aromatic amines is 1. The molecule has 38 heavy (non-hydrogen) atoms. The summed E-state index contributed by atoms with van der Waals surface area (Å²) in [5.41, 5.74) is 1.32. The van der Waals surface area contributed by atoms with E-state index in [0.717, 1.165) is 17.7 Å². The molecular formula is C25H23F4N7O2. The van der Waals surface area contributed by atoms with Crippen LogP contribution < -0.4 is 10.1 Å². The minimum Gasteiger partial charge on any atom is -0.406 e. The van der Waals surface area contributed by atoms with E-state index in [1.165, 1.54) is 0 Å². The SMILES string of the molecule is CC(C)(C)c1cnn(-c2ccc(NC(=O)C3(c4ccc(OC(F)(F)F)cc4F)CC3)cc2-c2nnn[nH]2)c1. The molecule has 0 atom stereocenters. The number of hydrogen-bond donors (Lipinski definition) is 2. The van der Waals surface area contributed by atoms with Crippen molar-refractivity contribution in [1.82, 2.24) is 30.4 Å². The quantitative estimate of drug-likeness (QED) is 0.338. The summed E-state index contributed by atoms with van der Waals surface area (Å²) in [7, 11) is 0. The maximum absolute atomic E-state index is 14.8. The highest BCUT2D eigenvalue weighted by Crippen LogP contribution is 2.50. The molecule has 2 heterocycles. The Morgan fingerprint density at radius 1 is 1.13 bits per heavy atom.